The fourth-order valence-electron chi connectivity index (χ4n) is 1.44. The fraction of sp³-hybridized carbons (Fsp3) is 0.429. The first-order valence-electron chi connectivity index (χ1n) is 3.64. The van der Waals surface area contributed by atoms with Crippen molar-refractivity contribution in [2.45, 2.75) is 11.8 Å². The molecule has 2 unspecified atom stereocenters. The highest BCUT2D eigenvalue weighted by atomic mass is 35.5. The molecule has 66 valence electrons. The van der Waals surface area contributed by atoms with Gasteiger partial charge < -0.3 is 4.90 Å². The first-order valence-corrected chi connectivity index (χ1v) is 5.61. The number of hydrogen-bond donors (Lipinski definition) is 1. The number of rotatable bonds is 0. The zero-order valence-corrected chi connectivity index (χ0v) is 7.89. The molecule has 2 heterocycles. The molecular formula is C7H8ClNO2S. The van der Waals surface area contributed by atoms with Crippen LogP contribution >= 0.6 is 22.5 Å². The van der Waals surface area contributed by atoms with Crippen molar-refractivity contribution in [3.8, 4) is 0 Å². The maximum Gasteiger partial charge on any atom is 0.261 e. The highest BCUT2D eigenvalue weighted by molar-refractivity contribution is 8.32. The molecule has 12 heavy (non-hydrogen) atoms. The average molecular weight is 206 g/mol. The maximum atomic E-state index is 11.0. The van der Waals surface area contributed by atoms with Crippen LogP contribution in [0.4, 0.5) is 4.79 Å². The molecule has 1 fully saturated rings. The second-order valence-electron chi connectivity index (χ2n) is 2.78. The second-order valence-corrected chi connectivity index (χ2v) is 5.69. The van der Waals surface area contributed by atoms with Crippen molar-refractivity contribution in [1.29, 1.82) is 0 Å². The van der Waals surface area contributed by atoms with E-state index in [1.807, 2.05) is 6.08 Å². The Morgan fingerprint density at radius 3 is 3.08 bits per heavy atom. The lowest BCUT2D eigenvalue weighted by molar-refractivity contribution is -0.137. The van der Waals surface area contributed by atoms with Gasteiger partial charge in [0.1, 0.15) is 0 Å². The Hall–Kier alpha value is -0.480. The Kier molecular flexibility index (Phi) is 1.88. The lowest BCUT2D eigenvalue weighted by atomic mass is 10.2. The van der Waals surface area contributed by atoms with Crippen LogP contribution in [0.1, 0.15) is 6.42 Å². The third-order valence-corrected chi connectivity index (χ3v) is 4.98. The van der Waals surface area contributed by atoms with Crippen LogP contribution in [-0.4, -0.2) is 26.5 Å². The van der Waals surface area contributed by atoms with Gasteiger partial charge in [-0.15, -0.1) is 0 Å². The SMILES string of the molecule is O=C1CC2N1C=CC[SH]2C(=O)Cl. The lowest BCUT2D eigenvalue weighted by Crippen LogP contribution is -2.51. The van der Waals surface area contributed by atoms with Crippen molar-refractivity contribution in [3.05, 3.63) is 12.3 Å². The fourth-order valence-corrected chi connectivity index (χ4v) is 3.81. The molecule has 2 aliphatic heterocycles. The molecule has 0 N–H and O–H groups in total. The summed E-state index contributed by atoms with van der Waals surface area (Å²) < 4.78 is -0.267. The summed E-state index contributed by atoms with van der Waals surface area (Å²) >= 11 is 5.42. The van der Waals surface area contributed by atoms with E-state index in [1.54, 1.807) is 11.1 Å². The van der Waals surface area contributed by atoms with Crippen LogP contribution in [0.3, 0.4) is 0 Å². The molecule has 1 saturated heterocycles. The molecule has 0 aromatic heterocycles. The van der Waals surface area contributed by atoms with Crippen molar-refractivity contribution < 1.29 is 9.59 Å². The highest BCUT2D eigenvalue weighted by Crippen LogP contribution is 2.46. The van der Waals surface area contributed by atoms with E-state index in [-0.39, 0.29) is 15.9 Å². The lowest BCUT2D eigenvalue weighted by Gasteiger charge is -2.45. The summed E-state index contributed by atoms with van der Waals surface area (Å²) in [5, 5.41) is 0.0995. The van der Waals surface area contributed by atoms with Crippen molar-refractivity contribution in [2.75, 3.05) is 5.75 Å². The Morgan fingerprint density at radius 1 is 1.75 bits per heavy atom. The number of nitrogens with zero attached hydrogens (tertiary/aromatic N) is 1. The van der Waals surface area contributed by atoms with Crippen molar-refractivity contribution in [3.63, 3.8) is 0 Å². The van der Waals surface area contributed by atoms with E-state index < -0.39 is 10.9 Å². The van der Waals surface area contributed by atoms with Gasteiger partial charge in [-0.1, -0.05) is 6.08 Å². The number of hydrogen-bond acceptors (Lipinski definition) is 2. The third-order valence-electron chi connectivity index (χ3n) is 2.12. The molecule has 0 radical (unpaired) electrons. The van der Waals surface area contributed by atoms with Crippen LogP contribution in [0.2, 0.25) is 0 Å². The van der Waals surface area contributed by atoms with Crippen LogP contribution in [0.5, 0.6) is 0 Å². The molecule has 2 atom stereocenters. The molecule has 0 aromatic rings. The van der Waals surface area contributed by atoms with E-state index in [1.165, 1.54) is 0 Å². The molecule has 5 heteroatoms. The second kappa shape index (κ2) is 2.78. The summed E-state index contributed by atoms with van der Waals surface area (Å²) in [4.78, 5) is 23.5. The number of thiol groups is 1. The van der Waals surface area contributed by atoms with Crippen LogP contribution in [0, 0.1) is 0 Å². The first-order chi connectivity index (χ1) is 5.70. The number of amides is 1. The number of fused-ring (bicyclic) bond motifs is 1. The van der Waals surface area contributed by atoms with Crippen molar-refractivity contribution in [2.24, 2.45) is 0 Å². The van der Waals surface area contributed by atoms with E-state index in [0.29, 0.717) is 6.42 Å². The van der Waals surface area contributed by atoms with Crippen molar-refractivity contribution in [1.82, 2.24) is 4.90 Å². The minimum atomic E-state index is -0.826. The van der Waals surface area contributed by atoms with E-state index in [0.717, 1.165) is 5.75 Å². The zero-order valence-electron chi connectivity index (χ0n) is 6.24. The summed E-state index contributed by atoms with van der Waals surface area (Å²) in [6.07, 6.45) is 4.10. The predicted molar refractivity (Wildman–Crippen MR) is 49.5 cm³/mol. The normalized spacial score (nSPS) is 35.8. The van der Waals surface area contributed by atoms with Crippen LogP contribution in [-0.2, 0) is 4.79 Å². The van der Waals surface area contributed by atoms with Gasteiger partial charge in [-0.05, 0) is 11.6 Å². The molecule has 0 saturated carbocycles. The summed E-state index contributed by atoms with van der Waals surface area (Å²) in [5.41, 5.74) is 0. The summed E-state index contributed by atoms with van der Waals surface area (Å²) in [6, 6.07) is 0. The molecule has 0 spiro atoms. The Balaban J connectivity index is 2.17. The van der Waals surface area contributed by atoms with E-state index >= 15 is 0 Å². The van der Waals surface area contributed by atoms with Crippen molar-refractivity contribution >= 4 is 33.0 Å². The number of carbonyl (C=O) groups is 2. The van der Waals surface area contributed by atoms with Gasteiger partial charge in [0.25, 0.3) is 4.57 Å². The van der Waals surface area contributed by atoms with E-state index in [4.69, 9.17) is 11.6 Å². The standard InChI is InChI=1S/C7H8ClNO2S/c8-7(11)12-3-1-2-9-5(10)4-6(9)12/h1-2,6,12H,3-4H2. The molecule has 0 aliphatic carbocycles. The average Bonchev–Trinajstić information content (AvgIpc) is 2.02. The molecule has 2 aliphatic rings. The molecule has 3 nitrogen and oxygen atoms in total. The summed E-state index contributed by atoms with van der Waals surface area (Å²) in [5.74, 6) is 0.827. The van der Waals surface area contributed by atoms with Gasteiger partial charge in [0, 0.05) is 12.0 Å². The largest absolute Gasteiger partial charge is 0.308 e. The Morgan fingerprint density at radius 2 is 2.50 bits per heavy atom. The van der Waals surface area contributed by atoms with Gasteiger partial charge in [-0.2, -0.15) is 10.9 Å². The minimum Gasteiger partial charge on any atom is -0.308 e. The van der Waals surface area contributed by atoms with E-state index in [9.17, 15) is 9.59 Å². The quantitative estimate of drug-likeness (QED) is 0.369. The van der Waals surface area contributed by atoms with Gasteiger partial charge in [0.15, 0.2) is 0 Å². The predicted octanol–water partition coefficient (Wildman–Crippen LogP) is 1.43. The zero-order chi connectivity index (χ0) is 8.72. The van der Waals surface area contributed by atoms with Gasteiger partial charge in [0.05, 0.1) is 11.8 Å². The van der Waals surface area contributed by atoms with Crippen LogP contribution in [0.15, 0.2) is 12.3 Å². The van der Waals surface area contributed by atoms with E-state index in [2.05, 4.69) is 0 Å². The third kappa shape index (κ3) is 1.06. The van der Waals surface area contributed by atoms with Gasteiger partial charge in [-0.25, -0.2) is 0 Å². The Labute approximate surface area is 77.7 Å². The Bertz CT molecular complexity index is 279. The van der Waals surface area contributed by atoms with Gasteiger partial charge in [-0.3, -0.25) is 9.59 Å². The van der Waals surface area contributed by atoms with Crippen LogP contribution in [0.25, 0.3) is 0 Å². The number of β-lactam (4-membered cyclic amide) rings is 1. The molecule has 0 bridgehead atoms. The maximum absolute atomic E-state index is 11.0. The minimum absolute atomic E-state index is 0.0985. The summed E-state index contributed by atoms with van der Waals surface area (Å²) in [6.45, 7) is 0. The molecular weight excluding hydrogens is 198 g/mol. The van der Waals surface area contributed by atoms with Crippen LogP contribution < -0.4 is 0 Å². The topological polar surface area (TPSA) is 37.4 Å². The first kappa shape index (κ1) is 8.13. The number of carbonyl (C=O) groups excluding carboxylic acids is 2. The highest BCUT2D eigenvalue weighted by Gasteiger charge is 2.41. The molecule has 2 rings (SSSR count). The van der Waals surface area contributed by atoms with Gasteiger partial charge in [0.2, 0.25) is 5.91 Å². The van der Waals surface area contributed by atoms with Gasteiger partial charge >= 0.3 is 0 Å². The molecule has 0 aromatic carbocycles. The number of halogens is 1. The molecule has 1 amide bonds. The smallest absolute Gasteiger partial charge is 0.261 e. The summed E-state index contributed by atoms with van der Waals surface area (Å²) in [7, 11) is -0.826. The monoisotopic (exact) mass is 205 g/mol.